The molecule has 0 saturated carbocycles. The molecule has 0 aromatic heterocycles. The second kappa shape index (κ2) is 6.23. The Bertz CT molecular complexity index is 106. The number of nitrogens with zero attached hydrogens (tertiary/aromatic N) is 1. The van der Waals surface area contributed by atoms with E-state index in [2.05, 4.69) is 23.5 Å². The molecule has 1 unspecified atom stereocenters. The van der Waals surface area contributed by atoms with Crippen molar-refractivity contribution >= 4 is 28.1 Å². The van der Waals surface area contributed by atoms with E-state index in [0.717, 1.165) is 0 Å². The van der Waals surface area contributed by atoms with E-state index in [1.54, 1.807) is 7.05 Å². The second-order valence-electron chi connectivity index (χ2n) is 2.47. The van der Waals surface area contributed by atoms with Gasteiger partial charge in [-0.15, -0.1) is 0 Å². The number of hydrogen-bond donors (Lipinski definition) is 0. The zero-order valence-corrected chi connectivity index (χ0v) is 10.6. The predicted molar refractivity (Wildman–Crippen MR) is 47.1 cm³/mol. The molecule has 0 heterocycles. The van der Waals surface area contributed by atoms with Crippen LogP contribution in [0.15, 0.2) is 4.99 Å². The van der Waals surface area contributed by atoms with Crippen LogP contribution in [-0.4, -0.2) is 41.2 Å². The van der Waals surface area contributed by atoms with Gasteiger partial charge in [-0.05, 0) is 0 Å². The molecule has 0 spiro atoms. The fourth-order valence-corrected chi connectivity index (χ4v) is 3.55. The van der Waals surface area contributed by atoms with Crippen LogP contribution in [0.4, 0.5) is 0 Å². The SMILES string of the molecule is C[CH2][In]([CH3])[O]C(C)C=NC. The molecule has 0 amide bonds. The van der Waals surface area contributed by atoms with Crippen molar-refractivity contribution in [2.75, 3.05) is 7.05 Å². The first-order valence-corrected chi connectivity index (χ1v) is 10.8. The Morgan fingerprint density at radius 3 is 2.70 bits per heavy atom. The van der Waals surface area contributed by atoms with Crippen molar-refractivity contribution in [3.05, 3.63) is 0 Å². The van der Waals surface area contributed by atoms with Gasteiger partial charge in [-0.1, -0.05) is 0 Å². The molecule has 0 bridgehead atoms. The van der Waals surface area contributed by atoms with Crippen molar-refractivity contribution in [1.82, 2.24) is 0 Å². The van der Waals surface area contributed by atoms with E-state index in [1.807, 2.05) is 6.21 Å². The van der Waals surface area contributed by atoms with Gasteiger partial charge in [0.2, 0.25) is 0 Å². The van der Waals surface area contributed by atoms with Crippen LogP contribution < -0.4 is 0 Å². The van der Waals surface area contributed by atoms with Crippen LogP contribution in [-0.2, 0) is 2.85 Å². The molecule has 2 nitrogen and oxygen atoms in total. The van der Waals surface area contributed by atoms with E-state index in [9.17, 15) is 0 Å². The Morgan fingerprint density at radius 1 is 1.70 bits per heavy atom. The van der Waals surface area contributed by atoms with Gasteiger partial charge >= 0.3 is 71.8 Å². The number of aliphatic imine (C=N–C) groups is 1. The minimum absolute atomic E-state index is 0.246. The Kier molecular flexibility index (Phi) is 6.54. The van der Waals surface area contributed by atoms with E-state index in [1.165, 1.54) is 4.18 Å². The molecule has 0 aliphatic carbocycles. The number of hydrogen-bond acceptors (Lipinski definition) is 2. The van der Waals surface area contributed by atoms with E-state index >= 15 is 0 Å². The van der Waals surface area contributed by atoms with Crippen molar-refractivity contribution in [2.45, 2.75) is 28.8 Å². The van der Waals surface area contributed by atoms with E-state index < -0.39 is 21.9 Å². The van der Waals surface area contributed by atoms with Crippen LogP contribution in [0.1, 0.15) is 13.8 Å². The van der Waals surface area contributed by atoms with Gasteiger partial charge in [0.25, 0.3) is 0 Å². The summed E-state index contributed by atoms with van der Waals surface area (Å²) in [5, 5.41) is 0. The van der Waals surface area contributed by atoms with Crippen molar-refractivity contribution < 1.29 is 2.85 Å². The molecule has 1 atom stereocenters. The summed E-state index contributed by atoms with van der Waals surface area (Å²) in [7, 11) is 1.78. The van der Waals surface area contributed by atoms with Gasteiger partial charge in [-0.3, -0.25) is 0 Å². The first kappa shape index (κ1) is 10.5. The molecule has 0 aromatic rings. The van der Waals surface area contributed by atoms with Gasteiger partial charge < -0.3 is 0 Å². The van der Waals surface area contributed by atoms with Crippen LogP contribution in [0, 0.1) is 0 Å². The van der Waals surface area contributed by atoms with E-state index in [4.69, 9.17) is 2.85 Å². The van der Waals surface area contributed by atoms with Crippen molar-refractivity contribution in [3.63, 3.8) is 0 Å². The quantitative estimate of drug-likeness (QED) is 0.691. The molecule has 0 radical (unpaired) electrons. The molecular formula is C7H16InNO. The molecule has 0 fully saturated rings. The first-order chi connectivity index (χ1) is 4.70. The van der Waals surface area contributed by atoms with Crippen LogP contribution in [0.2, 0.25) is 8.86 Å². The third-order valence-electron chi connectivity index (χ3n) is 1.38. The topological polar surface area (TPSA) is 21.6 Å². The summed E-state index contributed by atoms with van der Waals surface area (Å²) >= 11 is -1.48. The molecule has 0 aliphatic rings. The predicted octanol–water partition coefficient (Wildman–Crippen LogP) is 1.73. The zero-order chi connectivity index (χ0) is 7.98. The van der Waals surface area contributed by atoms with Gasteiger partial charge in [0.15, 0.2) is 0 Å². The fourth-order valence-electron chi connectivity index (χ4n) is 0.708. The molecule has 3 heteroatoms. The average molecular weight is 245 g/mol. The third kappa shape index (κ3) is 5.30. The summed E-state index contributed by atoms with van der Waals surface area (Å²) in [6, 6.07) is 0. The minimum atomic E-state index is -1.48. The van der Waals surface area contributed by atoms with Crippen molar-refractivity contribution in [2.24, 2.45) is 4.99 Å². The monoisotopic (exact) mass is 245 g/mol. The summed E-state index contributed by atoms with van der Waals surface area (Å²) in [6.07, 6.45) is 2.11. The molecule has 0 aromatic carbocycles. The summed E-state index contributed by atoms with van der Waals surface area (Å²) in [5.74, 6) is 0. The molecule has 58 valence electrons. The van der Waals surface area contributed by atoms with Crippen molar-refractivity contribution in [1.29, 1.82) is 0 Å². The third-order valence-corrected chi connectivity index (χ3v) is 7.21. The normalized spacial score (nSPS) is 14.0. The Morgan fingerprint density at radius 2 is 2.30 bits per heavy atom. The standard InChI is InChI=1S/C4H8NO.C2H5.CH3.In/c1-4(6)3-5-2;1-2;;/h3-4H,1-2H3;1H2,2H3;1H3;/q-1;;;+1. The summed E-state index contributed by atoms with van der Waals surface area (Å²) in [6.45, 7) is 4.26. The van der Waals surface area contributed by atoms with Crippen LogP contribution in [0.3, 0.4) is 0 Å². The van der Waals surface area contributed by atoms with Gasteiger partial charge in [0.05, 0.1) is 0 Å². The van der Waals surface area contributed by atoms with Crippen LogP contribution in [0.5, 0.6) is 0 Å². The first-order valence-electron chi connectivity index (χ1n) is 3.78. The average Bonchev–Trinajstić information content (AvgIpc) is 1.88. The Labute approximate surface area is 71.8 Å². The molecule has 0 saturated heterocycles. The summed E-state index contributed by atoms with van der Waals surface area (Å²) < 4.78 is 9.25. The Hall–Kier alpha value is 0.500. The van der Waals surface area contributed by atoms with Gasteiger partial charge in [0.1, 0.15) is 0 Å². The maximum absolute atomic E-state index is 5.70. The second-order valence-corrected chi connectivity index (χ2v) is 10.2. The summed E-state index contributed by atoms with van der Waals surface area (Å²) in [5.41, 5.74) is 0. The van der Waals surface area contributed by atoms with E-state index in [0.29, 0.717) is 0 Å². The van der Waals surface area contributed by atoms with Gasteiger partial charge in [-0.2, -0.15) is 0 Å². The van der Waals surface area contributed by atoms with Gasteiger partial charge in [0, 0.05) is 0 Å². The maximum atomic E-state index is 5.70. The fraction of sp³-hybridized carbons (Fsp3) is 0.857. The van der Waals surface area contributed by atoms with E-state index in [-0.39, 0.29) is 6.10 Å². The number of rotatable bonds is 4. The molecule has 0 N–H and O–H groups in total. The van der Waals surface area contributed by atoms with Crippen molar-refractivity contribution in [3.8, 4) is 0 Å². The Balaban J connectivity index is 3.46. The van der Waals surface area contributed by atoms with Gasteiger partial charge in [-0.25, -0.2) is 0 Å². The molecule has 0 aliphatic heterocycles. The molecule has 0 rings (SSSR count). The molecular weight excluding hydrogens is 229 g/mol. The van der Waals surface area contributed by atoms with Crippen LogP contribution in [0.25, 0.3) is 0 Å². The zero-order valence-electron chi connectivity index (χ0n) is 7.29. The summed E-state index contributed by atoms with van der Waals surface area (Å²) in [4.78, 5) is 3.91. The molecule has 10 heavy (non-hydrogen) atoms. The van der Waals surface area contributed by atoms with Crippen LogP contribution >= 0.6 is 0 Å².